The van der Waals surface area contributed by atoms with Crippen LogP contribution in [0.5, 0.6) is 0 Å². The van der Waals surface area contributed by atoms with Crippen LogP contribution in [-0.2, 0) is 9.53 Å². The number of carbonyl (C=O) groups excluding carboxylic acids is 1. The molecule has 0 bridgehead atoms. The number of amides is 1. The summed E-state index contributed by atoms with van der Waals surface area (Å²) in [4.78, 5) is 23.3. The summed E-state index contributed by atoms with van der Waals surface area (Å²) in [5.74, 6) is 0.231. The minimum atomic E-state index is -0.530. The van der Waals surface area contributed by atoms with Crippen LogP contribution < -0.4 is 16.2 Å². The van der Waals surface area contributed by atoms with Gasteiger partial charge in [0.1, 0.15) is 0 Å². The number of anilines is 1. The van der Waals surface area contributed by atoms with E-state index in [-0.39, 0.29) is 11.5 Å². The zero-order chi connectivity index (χ0) is 13.7. The fourth-order valence-electron chi connectivity index (χ4n) is 2.28. The summed E-state index contributed by atoms with van der Waals surface area (Å²) in [6, 6.07) is 2.81. The maximum absolute atomic E-state index is 12.4. The standard InChI is InChI=1S/C12H18N4O3/c1-19-8-12(4-6-13-7-5-12)11(18)14-9-2-3-10(17)16-15-9/h2-3,13H,4-8H2,1H3,(H,16,17)(H,14,15,18). The van der Waals surface area contributed by atoms with Crippen LogP contribution >= 0.6 is 0 Å². The summed E-state index contributed by atoms with van der Waals surface area (Å²) >= 11 is 0. The molecule has 2 rings (SSSR count). The Bertz CT molecular complexity index is 468. The van der Waals surface area contributed by atoms with Crippen molar-refractivity contribution in [1.29, 1.82) is 0 Å². The molecule has 1 aromatic heterocycles. The van der Waals surface area contributed by atoms with Crippen molar-refractivity contribution in [2.75, 3.05) is 32.1 Å². The molecule has 0 atom stereocenters. The van der Waals surface area contributed by atoms with E-state index in [0.29, 0.717) is 12.4 Å². The number of hydrogen-bond acceptors (Lipinski definition) is 5. The van der Waals surface area contributed by atoms with Crippen LogP contribution in [0.2, 0.25) is 0 Å². The van der Waals surface area contributed by atoms with Gasteiger partial charge in [0, 0.05) is 13.2 Å². The van der Waals surface area contributed by atoms with E-state index in [1.807, 2.05) is 0 Å². The van der Waals surface area contributed by atoms with Crippen molar-refractivity contribution in [3.63, 3.8) is 0 Å². The van der Waals surface area contributed by atoms with Crippen LogP contribution in [0.25, 0.3) is 0 Å². The van der Waals surface area contributed by atoms with E-state index in [4.69, 9.17) is 4.74 Å². The first kappa shape index (κ1) is 13.7. The number of nitrogens with one attached hydrogen (secondary N) is 3. The molecule has 0 unspecified atom stereocenters. The predicted octanol–water partition coefficient (Wildman–Crippen LogP) is -0.275. The highest BCUT2D eigenvalue weighted by Crippen LogP contribution is 2.30. The number of methoxy groups -OCH3 is 1. The Hall–Kier alpha value is -1.73. The van der Waals surface area contributed by atoms with Crippen LogP contribution in [0.15, 0.2) is 16.9 Å². The van der Waals surface area contributed by atoms with Gasteiger partial charge in [-0.1, -0.05) is 0 Å². The second-order valence-electron chi connectivity index (χ2n) is 4.72. The quantitative estimate of drug-likeness (QED) is 0.697. The van der Waals surface area contributed by atoms with Gasteiger partial charge in [-0.25, -0.2) is 5.10 Å². The number of hydrogen-bond donors (Lipinski definition) is 3. The van der Waals surface area contributed by atoms with E-state index in [2.05, 4.69) is 20.8 Å². The number of carbonyl (C=O) groups is 1. The van der Waals surface area contributed by atoms with Gasteiger partial charge >= 0.3 is 0 Å². The Kier molecular flexibility index (Phi) is 4.28. The molecule has 19 heavy (non-hydrogen) atoms. The molecule has 1 saturated heterocycles. The Balaban J connectivity index is 2.11. The maximum Gasteiger partial charge on any atom is 0.264 e. The van der Waals surface area contributed by atoms with Crippen molar-refractivity contribution < 1.29 is 9.53 Å². The highest BCUT2D eigenvalue weighted by Gasteiger charge is 2.39. The lowest BCUT2D eigenvalue weighted by Gasteiger charge is -2.35. The molecule has 0 radical (unpaired) electrons. The van der Waals surface area contributed by atoms with Gasteiger partial charge in [-0.05, 0) is 32.0 Å². The van der Waals surface area contributed by atoms with Crippen LogP contribution in [-0.4, -0.2) is 42.9 Å². The van der Waals surface area contributed by atoms with E-state index >= 15 is 0 Å². The average Bonchev–Trinajstić information content (AvgIpc) is 2.43. The van der Waals surface area contributed by atoms with Crippen LogP contribution in [0.3, 0.4) is 0 Å². The number of H-pyrrole nitrogens is 1. The largest absolute Gasteiger partial charge is 0.384 e. The molecule has 7 nitrogen and oxygen atoms in total. The van der Waals surface area contributed by atoms with Crippen LogP contribution in [0, 0.1) is 5.41 Å². The lowest BCUT2D eigenvalue weighted by Crippen LogP contribution is -2.47. The summed E-state index contributed by atoms with van der Waals surface area (Å²) in [7, 11) is 1.59. The Morgan fingerprint density at radius 1 is 1.47 bits per heavy atom. The third kappa shape index (κ3) is 3.18. The van der Waals surface area contributed by atoms with Crippen molar-refractivity contribution in [2.24, 2.45) is 5.41 Å². The average molecular weight is 266 g/mol. The van der Waals surface area contributed by atoms with Crippen molar-refractivity contribution in [3.05, 3.63) is 22.5 Å². The van der Waals surface area contributed by atoms with E-state index in [1.165, 1.54) is 12.1 Å². The Morgan fingerprint density at radius 3 is 2.79 bits per heavy atom. The normalized spacial score (nSPS) is 17.9. The molecule has 1 aromatic rings. The molecule has 7 heteroatoms. The molecule has 1 amide bonds. The Morgan fingerprint density at radius 2 is 2.21 bits per heavy atom. The number of piperidine rings is 1. The molecule has 0 spiro atoms. The second kappa shape index (κ2) is 5.94. The Labute approximate surface area is 110 Å². The van der Waals surface area contributed by atoms with Gasteiger partial charge in [0.05, 0.1) is 12.0 Å². The van der Waals surface area contributed by atoms with E-state index in [1.54, 1.807) is 7.11 Å². The fourth-order valence-corrected chi connectivity index (χ4v) is 2.28. The summed E-state index contributed by atoms with van der Waals surface area (Å²) in [6.07, 6.45) is 1.44. The molecule has 104 valence electrons. The first-order valence-electron chi connectivity index (χ1n) is 6.23. The minimum Gasteiger partial charge on any atom is -0.384 e. The van der Waals surface area contributed by atoms with Gasteiger partial charge in [-0.2, -0.15) is 5.10 Å². The van der Waals surface area contributed by atoms with E-state index in [9.17, 15) is 9.59 Å². The molecule has 2 heterocycles. The first-order chi connectivity index (χ1) is 9.16. The van der Waals surface area contributed by atoms with Gasteiger partial charge in [-0.15, -0.1) is 0 Å². The zero-order valence-electron chi connectivity index (χ0n) is 10.9. The van der Waals surface area contributed by atoms with Gasteiger partial charge in [0.2, 0.25) is 5.91 Å². The van der Waals surface area contributed by atoms with Gasteiger partial charge < -0.3 is 15.4 Å². The van der Waals surface area contributed by atoms with Crippen molar-refractivity contribution in [3.8, 4) is 0 Å². The third-order valence-corrected chi connectivity index (χ3v) is 3.38. The van der Waals surface area contributed by atoms with Gasteiger partial charge in [0.15, 0.2) is 5.82 Å². The number of aromatic nitrogens is 2. The number of ether oxygens (including phenoxy) is 1. The highest BCUT2D eigenvalue weighted by atomic mass is 16.5. The molecule has 1 fully saturated rings. The second-order valence-corrected chi connectivity index (χ2v) is 4.72. The summed E-state index contributed by atoms with van der Waals surface area (Å²) in [5.41, 5.74) is -0.830. The van der Waals surface area contributed by atoms with Crippen molar-refractivity contribution in [1.82, 2.24) is 15.5 Å². The molecule has 0 aromatic carbocycles. The zero-order valence-corrected chi connectivity index (χ0v) is 10.9. The third-order valence-electron chi connectivity index (χ3n) is 3.38. The van der Waals surface area contributed by atoms with E-state index < -0.39 is 5.41 Å². The lowest BCUT2D eigenvalue weighted by molar-refractivity contribution is -0.130. The molecular weight excluding hydrogens is 248 g/mol. The monoisotopic (exact) mass is 266 g/mol. The SMILES string of the molecule is COCC1(C(=O)Nc2ccc(=O)[nH]n2)CCNCC1. The summed E-state index contributed by atoms with van der Waals surface area (Å²) < 4.78 is 5.20. The smallest absolute Gasteiger partial charge is 0.264 e. The van der Waals surface area contributed by atoms with Crippen molar-refractivity contribution >= 4 is 11.7 Å². The summed E-state index contributed by atoms with van der Waals surface area (Å²) in [6.45, 7) is 1.95. The van der Waals surface area contributed by atoms with Gasteiger partial charge in [0.25, 0.3) is 5.56 Å². The molecule has 1 aliphatic heterocycles. The topological polar surface area (TPSA) is 96.1 Å². The molecule has 1 aliphatic rings. The first-order valence-corrected chi connectivity index (χ1v) is 6.23. The fraction of sp³-hybridized carbons (Fsp3) is 0.583. The highest BCUT2D eigenvalue weighted by molar-refractivity contribution is 5.94. The minimum absolute atomic E-state index is 0.115. The van der Waals surface area contributed by atoms with Crippen LogP contribution in [0.4, 0.5) is 5.82 Å². The van der Waals surface area contributed by atoms with Crippen LogP contribution in [0.1, 0.15) is 12.8 Å². The van der Waals surface area contributed by atoms with Gasteiger partial charge in [-0.3, -0.25) is 9.59 Å². The lowest BCUT2D eigenvalue weighted by atomic mass is 9.78. The number of nitrogens with zero attached hydrogens (tertiary/aromatic N) is 1. The molecular formula is C12H18N4O3. The molecule has 0 saturated carbocycles. The van der Waals surface area contributed by atoms with E-state index in [0.717, 1.165) is 25.9 Å². The predicted molar refractivity (Wildman–Crippen MR) is 69.9 cm³/mol. The number of rotatable bonds is 4. The summed E-state index contributed by atoms with van der Waals surface area (Å²) in [5, 5.41) is 12.0. The number of aromatic amines is 1. The molecule has 3 N–H and O–H groups in total. The maximum atomic E-state index is 12.4. The van der Waals surface area contributed by atoms with Crippen molar-refractivity contribution in [2.45, 2.75) is 12.8 Å². The molecule has 0 aliphatic carbocycles.